The normalized spacial score (nSPS) is 11.9. The molecule has 0 radical (unpaired) electrons. The lowest BCUT2D eigenvalue weighted by atomic mass is 9.84. The van der Waals surface area contributed by atoms with Crippen molar-refractivity contribution in [1.82, 2.24) is 15.5 Å². The first-order valence-electron chi connectivity index (χ1n) is 9.24. The minimum absolute atomic E-state index is 0.0210. The number of hydrogen-bond acceptors (Lipinski definition) is 2. The third-order valence-corrected chi connectivity index (χ3v) is 4.59. The van der Waals surface area contributed by atoms with Gasteiger partial charge in [-0.1, -0.05) is 44.2 Å². The van der Waals surface area contributed by atoms with Gasteiger partial charge in [0.1, 0.15) is 5.82 Å². The van der Waals surface area contributed by atoms with Crippen LogP contribution < -0.4 is 10.6 Å². The van der Waals surface area contributed by atoms with Crippen molar-refractivity contribution in [3.8, 4) is 0 Å². The molecule has 0 unspecified atom stereocenters. The Morgan fingerprint density at radius 2 is 1.71 bits per heavy atom. The second-order valence-electron chi connectivity index (χ2n) is 7.54. The third-order valence-electron chi connectivity index (χ3n) is 4.59. The number of aliphatic imine (C=N–C) groups is 1. The number of carbonyl (C=O) groups is 1. The van der Waals surface area contributed by atoms with Crippen molar-refractivity contribution in [1.29, 1.82) is 0 Å². The van der Waals surface area contributed by atoms with E-state index in [-0.39, 0.29) is 11.7 Å². The molecule has 2 rings (SSSR count). The molecular weight excluding hydrogens is 355 g/mol. The van der Waals surface area contributed by atoms with E-state index in [9.17, 15) is 9.18 Å². The number of guanidine groups is 1. The van der Waals surface area contributed by atoms with Gasteiger partial charge in [-0.3, -0.25) is 9.79 Å². The summed E-state index contributed by atoms with van der Waals surface area (Å²) < 4.78 is 14.1. The van der Waals surface area contributed by atoms with E-state index in [1.165, 1.54) is 6.07 Å². The molecule has 0 aliphatic rings. The van der Waals surface area contributed by atoms with Gasteiger partial charge in [-0.05, 0) is 29.3 Å². The van der Waals surface area contributed by atoms with E-state index in [2.05, 4.69) is 15.6 Å². The van der Waals surface area contributed by atoms with Gasteiger partial charge in [0.2, 0.25) is 0 Å². The van der Waals surface area contributed by atoms with Gasteiger partial charge in [-0.15, -0.1) is 0 Å². The van der Waals surface area contributed by atoms with Crippen LogP contribution in [0.4, 0.5) is 4.39 Å². The van der Waals surface area contributed by atoms with Gasteiger partial charge in [-0.2, -0.15) is 0 Å². The van der Waals surface area contributed by atoms with Gasteiger partial charge in [0.25, 0.3) is 5.91 Å². The number of halogens is 1. The van der Waals surface area contributed by atoms with E-state index >= 15 is 0 Å². The summed E-state index contributed by atoms with van der Waals surface area (Å²) in [5, 5.41) is 6.51. The molecule has 150 valence electrons. The maximum absolute atomic E-state index is 14.1. The molecule has 0 aliphatic heterocycles. The summed E-state index contributed by atoms with van der Waals surface area (Å²) in [5.74, 6) is 0.412. The Morgan fingerprint density at radius 1 is 1.07 bits per heavy atom. The van der Waals surface area contributed by atoms with Gasteiger partial charge in [0.05, 0.1) is 0 Å². The SMILES string of the molecule is CN=C(NCc1ccc(C(=O)N(C)C)cc1)NCC(C)(C)c1ccccc1F. The van der Waals surface area contributed by atoms with Crippen molar-refractivity contribution in [2.45, 2.75) is 25.8 Å². The number of hydrogen-bond donors (Lipinski definition) is 2. The van der Waals surface area contributed by atoms with Crippen LogP contribution in [-0.2, 0) is 12.0 Å². The van der Waals surface area contributed by atoms with Gasteiger partial charge >= 0.3 is 0 Å². The molecular formula is C22H29FN4O. The zero-order valence-electron chi connectivity index (χ0n) is 17.2. The maximum Gasteiger partial charge on any atom is 0.253 e. The second-order valence-corrected chi connectivity index (χ2v) is 7.54. The molecule has 1 amide bonds. The molecule has 0 atom stereocenters. The number of carbonyl (C=O) groups excluding carboxylic acids is 1. The Kier molecular flexibility index (Phi) is 7.15. The van der Waals surface area contributed by atoms with Crippen molar-refractivity contribution < 1.29 is 9.18 Å². The average molecular weight is 384 g/mol. The molecule has 2 N–H and O–H groups in total. The Balaban J connectivity index is 1.93. The molecule has 0 bridgehead atoms. The second kappa shape index (κ2) is 9.35. The quantitative estimate of drug-likeness (QED) is 0.594. The lowest BCUT2D eigenvalue weighted by Gasteiger charge is -2.27. The van der Waals surface area contributed by atoms with Crippen LogP contribution in [0.15, 0.2) is 53.5 Å². The van der Waals surface area contributed by atoms with E-state index in [4.69, 9.17) is 0 Å². The van der Waals surface area contributed by atoms with Crippen LogP contribution in [0.1, 0.15) is 35.3 Å². The third kappa shape index (κ3) is 5.55. The summed E-state index contributed by atoms with van der Waals surface area (Å²) in [7, 11) is 5.16. The highest BCUT2D eigenvalue weighted by molar-refractivity contribution is 5.93. The molecule has 5 nitrogen and oxygen atoms in total. The molecule has 2 aromatic rings. The van der Waals surface area contributed by atoms with Gasteiger partial charge < -0.3 is 15.5 Å². The van der Waals surface area contributed by atoms with Crippen molar-refractivity contribution in [3.63, 3.8) is 0 Å². The van der Waals surface area contributed by atoms with Crippen LogP contribution in [0.2, 0.25) is 0 Å². The molecule has 0 saturated carbocycles. The molecule has 0 spiro atoms. The molecule has 0 heterocycles. The summed E-state index contributed by atoms with van der Waals surface area (Å²) in [6, 6.07) is 14.3. The van der Waals surface area contributed by atoms with Crippen LogP contribution in [0.5, 0.6) is 0 Å². The molecule has 28 heavy (non-hydrogen) atoms. The van der Waals surface area contributed by atoms with E-state index in [1.807, 2.05) is 50.2 Å². The topological polar surface area (TPSA) is 56.7 Å². The van der Waals surface area contributed by atoms with E-state index < -0.39 is 5.41 Å². The van der Waals surface area contributed by atoms with Crippen molar-refractivity contribution in [3.05, 3.63) is 71.0 Å². The van der Waals surface area contributed by atoms with E-state index in [1.54, 1.807) is 32.1 Å². The largest absolute Gasteiger partial charge is 0.356 e. The first kappa shape index (κ1) is 21.4. The lowest BCUT2D eigenvalue weighted by Crippen LogP contribution is -2.43. The van der Waals surface area contributed by atoms with Crippen LogP contribution in [0.3, 0.4) is 0 Å². The zero-order valence-corrected chi connectivity index (χ0v) is 17.2. The summed E-state index contributed by atoms with van der Waals surface area (Å²) in [6.07, 6.45) is 0. The molecule has 2 aromatic carbocycles. The number of amides is 1. The monoisotopic (exact) mass is 384 g/mol. The minimum atomic E-state index is -0.392. The van der Waals surface area contributed by atoms with E-state index in [0.717, 1.165) is 5.56 Å². The molecule has 6 heteroatoms. The van der Waals surface area contributed by atoms with Crippen molar-refractivity contribution in [2.75, 3.05) is 27.7 Å². The van der Waals surface area contributed by atoms with Gasteiger partial charge in [0.15, 0.2) is 5.96 Å². The van der Waals surface area contributed by atoms with E-state index in [0.29, 0.717) is 30.2 Å². The minimum Gasteiger partial charge on any atom is -0.356 e. The maximum atomic E-state index is 14.1. The number of rotatable bonds is 6. The number of benzene rings is 2. The summed E-state index contributed by atoms with van der Waals surface area (Å²) in [6.45, 7) is 5.08. The van der Waals surface area contributed by atoms with Crippen LogP contribution in [-0.4, -0.2) is 44.5 Å². The van der Waals surface area contributed by atoms with Crippen LogP contribution in [0.25, 0.3) is 0 Å². The number of nitrogens with one attached hydrogen (secondary N) is 2. The highest BCUT2D eigenvalue weighted by Gasteiger charge is 2.24. The Labute approximate surface area is 166 Å². The smallest absolute Gasteiger partial charge is 0.253 e. The van der Waals surface area contributed by atoms with Crippen molar-refractivity contribution in [2.24, 2.45) is 4.99 Å². The first-order chi connectivity index (χ1) is 13.2. The Bertz CT molecular complexity index is 829. The molecule has 0 aliphatic carbocycles. The standard InChI is InChI=1S/C22H29FN4O/c1-22(2,18-8-6-7-9-19(18)23)15-26-21(24-3)25-14-16-10-12-17(13-11-16)20(28)27(4)5/h6-13H,14-15H2,1-5H3,(H2,24,25,26). The molecule has 0 aromatic heterocycles. The van der Waals surface area contributed by atoms with Crippen molar-refractivity contribution >= 4 is 11.9 Å². The fraction of sp³-hybridized carbons (Fsp3) is 0.364. The summed E-state index contributed by atoms with van der Waals surface area (Å²) in [4.78, 5) is 17.7. The Hall–Kier alpha value is -2.89. The zero-order chi connectivity index (χ0) is 20.7. The van der Waals surface area contributed by atoms with Gasteiger partial charge in [-0.25, -0.2) is 4.39 Å². The fourth-order valence-corrected chi connectivity index (χ4v) is 2.84. The predicted molar refractivity (Wildman–Crippen MR) is 112 cm³/mol. The molecule has 0 fully saturated rings. The summed E-state index contributed by atoms with van der Waals surface area (Å²) in [5.41, 5.74) is 1.96. The van der Waals surface area contributed by atoms with Crippen LogP contribution >= 0.6 is 0 Å². The lowest BCUT2D eigenvalue weighted by molar-refractivity contribution is 0.0827. The van der Waals surface area contributed by atoms with Crippen LogP contribution in [0, 0.1) is 5.82 Å². The molecule has 0 saturated heterocycles. The highest BCUT2D eigenvalue weighted by atomic mass is 19.1. The highest BCUT2D eigenvalue weighted by Crippen LogP contribution is 2.24. The predicted octanol–water partition coefficient (Wildman–Crippen LogP) is 3.17. The van der Waals surface area contributed by atoms with Gasteiger partial charge in [0, 0.05) is 45.2 Å². The first-order valence-corrected chi connectivity index (χ1v) is 9.24. The summed E-state index contributed by atoms with van der Waals surface area (Å²) >= 11 is 0. The Morgan fingerprint density at radius 3 is 2.29 bits per heavy atom. The number of nitrogens with zero attached hydrogens (tertiary/aromatic N) is 2. The fourth-order valence-electron chi connectivity index (χ4n) is 2.84. The average Bonchev–Trinajstić information content (AvgIpc) is 2.68.